The van der Waals surface area contributed by atoms with Crippen LogP contribution < -0.4 is 4.90 Å². The molecule has 0 spiro atoms. The molecule has 1 aliphatic rings. The lowest BCUT2D eigenvalue weighted by Crippen LogP contribution is -2.34. The Morgan fingerprint density at radius 3 is 2.12 bits per heavy atom. The fraction of sp³-hybridized carbons (Fsp3) is 0.364. The summed E-state index contributed by atoms with van der Waals surface area (Å²) in [4.78, 5) is 12.5. The smallest absolute Gasteiger partial charge is 0.161 e. The summed E-state index contributed by atoms with van der Waals surface area (Å²) in [7, 11) is 0. The van der Waals surface area contributed by atoms with E-state index in [-0.39, 0.29) is 11.5 Å². The van der Waals surface area contributed by atoms with E-state index in [0.717, 1.165) is 6.07 Å². The van der Waals surface area contributed by atoms with Crippen LogP contribution in [0.3, 0.4) is 0 Å². The molecule has 0 bridgehead atoms. The van der Waals surface area contributed by atoms with Crippen molar-refractivity contribution in [2.45, 2.75) is 12.8 Å². The molecule has 0 N–H and O–H groups in total. The molecule has 0 amide bonds. The number of hydrogen-bond acceptors (Lipinski definition) is 2. The molecule has 1 fully saturated rings. The number of nitrogens with zero attached hydrogens (tertiary/aromatic N) is 1. The molecule has 1 aromatic rings. The van der Waals surface area contributed by atoms with Crippen molar-refractivity contribution in [2.24, 2.45) is 0 Å². The van der Waals surface area contributed by atoms with Gasteiger partial charge in [-0.25, -0.2) is 13.2 Å². The topological polar surface area (TPSA) is 20.3 Å². The van der Waals surface area contributed by atoms with Gasteiger partial charge in [-0.05, 0) is 0 Å². The van der Waals surface area contributed by atoms with Crippen LogP contribution in [-0.2, 0) is 4.79 Å². The average Bonchev–Trinajstić information content (AvgIpc) is 2.25. The first-order chi connectivity index (χ1) is 7.58. The van der Waals surface area contributed by atoms with Crippen molar-refractivity contribution in [1.29, 1.82) is 0 Å². The molecule has 0 aliphatic carbocycles. The lowest BCUT2D eigenvalue weighted by Gasteiger charge is -2.28. The predicted molar refractivity (Wildman–Crippen MR) is 52.8 cm³/mol. The van der Waals surface area contributed by atoms with Crippen LogP contribution in [0, 0.1) is 17.5 Å². The highest BCUT2D eigenvalue weighted by atomic mass is 19.2. The Kier molecular flexibility index (Phi) is 2.85. The first kappa shape index (κ1) is 11.0. The monoisotopic (exact) mass is 229 g/mol. The summed E-state index contributed by atoms with van der Waals surface area (Å²) < 4.78 is 39.0. The van der Waals surface area contributed by atoms with E-state index < -0.39 is 17.5 Å². The highest BCUT2D eigenvalue weighted by Crippen LogP contribution is 2.24. The van der Waals surface area contributed by atoms with Crippen molar-refractivity contribution in [3.8, 4) is 0 Å². The van der Waals surface area contributed by atoms with Gasteiger partial charge in [-0.1, -0.05) is 0 Å². The molecule has 16 heavy (non-hydrogen) atoms. The molecule has 1 heterocycles. The second-order valence-electron chi connectivity index (χ2n) is 3.74. The summed E-state index contributed by atoms with van der Waals surface area (Å²) in [5, 5.41) is 0. The zero-order valence-corrected chi connectivity index (χ0v) is 8.47. The van der Waals surface area contributed by atoms with Gasteiger partial charge in [-0.2, -0.15) is 0 Å². The fourth-order valence-electron chi connectivity index (χ4n) is 1.75. The van der Waals surface area contributed by atoms with Gasteiger partial charge in [0.2, 0.25) is 0 Å². The molecular formula is C11H10F3NO. The van der Waals surface area contributed by atoms with Crippen LogP contribution in [0.1, 0.15) is 12.8 Å². The molecule has 1 saturated heterocycles. The highest BCUT2D eigenvalue weighted by Gasteiger charge is 2.20. The number of Topliss-reactive ketones (excluding diaryl/α,β-unsaturated/α-hetero) is 1. The Hall–Kier alpha value is -1.52. The zero-order valence-electron chi connectivity index (χ0n) is 8.47. The number of carbonyl (C=O) groups is 1. The van der Waals surface area contributed by atoms with Gasteiger partial charge in [-0.3, -0.25) is 4.79 Å². The maximum absolute atomic E-state index is 13.4. The Labute approximate surface area is 90.7 Å². The fourth-order valence-corrected chi connectivity index (χ4v) is 1.75. The van der Waals surface area contributed by atoms with Crippen molar-refractivity contribution in [2.75, 3.05) is 18.0 Å². The Morgan fingerprint density at radius 1 is 0.938 bits per heavy atom. The second kappa shape index (κ2) is 4.15. The minimum Gasteiger partial charge on any atom is -0.368 e. The van der Waals surface area contributed by atoms with Crippen molar-refractivity contribution < 1.29 is 18.0 Å². The number of carbonyl (C=O) groups excluding carboxylic acids is 1. The van der Waals surface area contributed by atoms with Gasteiger partial charge in [0, 0.05) is 38.1 Å². The molecule has 1 aromatic carbocycles. The number of hydrogen-bond donors (Lipinski definition) is 0. The number of anilines is 1. The second-order valence-corrected chi connectivity index (χ2v) is 3.74. The normalized spacial score (nSPS) is 16.7. The lowest BCUT2D eigenvalue weighted by molar-refractivity contribution is -0.119. The van der Waals surface area contributed by atoms with E-state index in [2.05, 4.69) is 0 Å². The molecule has 1 aliphatic heterocycles. The maximum Gasteiger partial charge on any atom is 0.161 e. The maximum atomic E-state index is 13.4. The zero-order chi connectivity index (χ0) is 11.7. The first-order valence-electron chi connectivity index (χ1n) is 4.99. The molecule has 0 aromatic heterocycles. The Morgan fingerprint density at radius 2 is 1.50 bits per heavy atom. The van der Waals surface area contributed by atoms with Crippen LogP contribution in [0.5, 0.6) is 0 Å². The van der Waals surface area contributed by atoms with E-state index >= 15 is 0 Å². The van der Waals surface area contributed by atoms with Gasteiger partial charge in [-0.15, -0.1) is 0 Å². The summed E-state index contributed by atoms with van der Waals surface area (Å²) in [6.45, 7) is 0.696. The Bertz CT molecular complexity index is 423. The number of rotatable bonds is 1. The molecular weight excluding hydrogens is 219 g/mol. The van der Waals surface area contributed by atoms with Gasteiger partial charge < -0.3 is 4.90 Å². The molecule has 0 unspecified atom stereocenters. The van der Waals surface area contributed by atoms with Crippen LogP contribution in [0.4, 0.5) is 18.9 Å². The molecule has 0 radical (unpaired) electrons. The van der Waals surface area contributed by atoms with Crippen LogP contribution in [0.25, 0.3) is 0 Å². The standard InChI is InChI=1S/C11H10F3NO/c12-8-5-10(14)11(6-9(8)13)15-3-1-7(16)2-4-15/h5-6H,1-4H2. The van der Waals surface area contributed by atoms with Crippen LogP contribution in [0.15, 0.2) is 12.1 Å². The number of ketones is 1. The van der Waals surface area contributed by atoms with Crippen molar-refractivity contribution in [1.82, 2.24) is 0 Å². The molecule has 5 heteroatoms. The third-order valence-corrected chi connectivity index (χ3v) is 2.65. The third kappa shape index (κ3) is 2.03. The SMILES string of the molecule is O=C1CCN(c2cc(F)c(F)cc2F)CC1. The average molecular weight is 229 g/mol. The molecule has 2 nitrogen and oxygen atoms in total. The summed E-state index contributed by atoms with van der Waals surface area (Å²) in [5.41, 5.74) is 0.0198. The highest BCUT2D eigenvalue weighted by molar-refractivity contribution is 5.81. The number of piperidine rings is 1. The first-order valence-corrected chi connectivity index (χ1v) is 4.99. The lowest BCUT2D eigenvalue weighted by atomic mass is 10.1. The minimum absolute atomic E-state index is 0.0198. The van der Waals surface area contributed by atoms with Gasteiger partial charge >= 0.3 is 0 Å². The van der Waals surface area contributed by atoms with Gasteiger partial charge in [0.1, 0.15) is 11.6 Å². The van der Waals surface area contributed by atoms with E-state index in [4.69, 9.17) is 0 Å². The van der Waals surface area contributed by atoms with Gasteiger partial charge in [0.05, 0.1) is 5.69 Å². The van der Waals surface area contributed by atoms with Crippen LogP contribution >= 0.6 is 0 Å². The quantitative estimate of drug-likeness (QED) is 0.688. The summed E-state index contributed by atoms with van der Waals surface area (Å²) in [6.07, 6.45) is 0.636. The van der Waals surface area contributed by atoms with Crippen molar-refractivity contribution in [3.05, 3.63) is 29.6 Å². The van der Waals surface area contributed by atoms with E-state index in [0.29, 0.717) is 32.0 Å². The molecule has 2 rings (SSSR count). The van der Waals surface area contributed by atoms with Crippen molar-refractivity contribution in [3.63, 3.8) is 0 Å². The van der Waals surface area contributed by atoms with Gasteiger partial charge in [0.25, 0.3) is 0 Å². The van der Waals surface area contributed by atoms with E-state index in [1.54, 1.807) is 4.90 Å². The van der Waals surface area contributed by atoms with Gasteiger partial charge in [0.15, 0.2) is 11.6 Å². The summed E-state index contributed by atoms with van der Waals surface area (Å²) in [5.74, 6) is -2.96. The molecule has 0 saturated carbocycles. The van der Waals surface area contributed by atoms with E-state index in [1.807, 2.05) is 0 Å². The molecule has 86 valence electrons. The number of halogens is 3. The Balaban J connectivity index is 2.26. The van der Waals surface area contributed by atoms with E-state index in [1.165, 1.54) is 0 Å². The largest absolute Gasteiger partial charge is 0.368 e. The summed E-state index contributed by atoms with van der Waals surface area (Å²) in [6, 6.07) is 1.36. The third-order valence-electron chi connectivity index (χ3n) is 2.65. The van der Waals surface area contributed by atoms with E-state index in [9.17, 15) is 18.0 Å². The predicted octanol–water partition coefficient (Wildman–Crippen LogP) is 2.27. The van der Waals surface area contributed by atoms with Crippen LogP contribution in [0.2, 0.25) is 0 Å². The minimum atomic E-state index is -1.20. The molecule has 0 atom stereocenters. The number of benzene rings is 1. The van der Waals surface area contributed by atoms with Crippen molar-refractivity contribution >= 4 is 11.5 Å². The van der Waals surface area contributed by atoms with Crippen LogP contribution in [-0.4, -0.2) is 18.9 Å². The summed E-state index contributed by atoms with van der Waals surface area (Å²) >= 11 is 0.